The maximum atomic E-state index is 12.1. The van der Waals surface area contributed by atoms with Crippen LogP contribution in [0.3, 0.4) is 0 Å². The van der Waals surface area contributed by atoms with Crippen LogP contribution in [0.1, 0.15) is 6.42 Å². The molecule has 0 rings (SSSR count). The molecular weight excluding hydrogens is 204 g/mol. The number of hydrogen-bond donors (Lipinski definition) is 0. The highest BCUT2D eigenvalue weighted by Gasteiger charge is 2.23. The Hall–Kier alpha value is 0.730. The first kappa shape index (κ1) is 10.7. The molecule has 0 saturated carbocycles. The lowest BCUT2D eigenvalue weighted by atomic mass is 10.2. The summed E-state index contributed by atoms with van der Waals surface area (Å²) in [5.74, 6) is 0. The van der Waals surface area contributed by atoms with Crippen molar-refractivity contribution in [1.29, 1.82) is 0 Å². The summed E-state index contributed by atoms with van der Waals surface area (Å²) in [6.45, 7) is -0.610. The summed E-state index contributed by atoms with van der Waals surface area (Å²) >= 11 is 15.7. The average Bonchev–Trinajstić information content (AvgIpc) is 1.87. The zero-order chi connectivity index (χ0) is 8.15. The first-order chi connectivity index (χ1) is 4.59. The molecule has 5 heteroatoms. The van der Waals surface area contributed by atoms with E-state index in [1.807, 2.05) is 0 Å². The van der Waals surface area contributed by atoms with Gasteiger partial charge in [0.15, 0.2) is 5.63 Å². The van der Waals surface area contributed by atoms with Crippen molar-refractivity contribution in [3.63, 3.8) is 0 Å². The Bertz CT molecular complexity index is 89.0. The van der Waals surface area contributed by atoms with Gasteiger partial charge in [-0.05, 0) is 6.42 Å². The normalized spacial score (nSPS) is 20.1. The topological polar surface area (TPSA) is 0 Å². The summed E-state index contributed by atoms with van der Waals surface area (Å²) in [5.41, 5.74) is -1.71. The zero-order valence-corrected chi connectivity index (χ0v) is 7.30. The van der Waals surface area contributed by atoms with E-state index in [2.05, 4.69) is 0 Å². The number of hydrogen-bond acceptors (Lipinski definition) is 0. The molecule has 0 aliphatic carbocycles. The van der Waals surface area contributed by atoms with Gasteiger partial charge in [0.25, 0.3) is 0 Å². The second-order valence-electron chi connectivity index (χ2n) is 1.77. The lowest BCUT2D eigenvalue weighted by Gasteiger charge is -2.13. The summed E-state index contributed by atoms with van der Waals surface area (Å²) in [6.07, 6.45) is 0.0306. The van der Waals surface area contributed by atoms with Gasteiger partial charge in [-0.2, -0.15) is 0 Å². The van der Waals surface area contributed by atoms with Gasteiger partial charge in [0.2, 0.25) is 0 Å². The fourth-order valence-electron chi connectivity index (χ4n) is 0.421. The predicted octanol–water partition coefficient (Wildman–Crippen LogP) is 3.10. The van der Waals surface area contributed by atoms with Gasteiger partial charge in [-0.15, -0.1) is 23.2 Å². The molecule has 3 unspecified atom stereocenters. The molecule has 3 atom stereocenters. The van der Waals surface area contributed by atoms with Crippen LogP contribution in [0.2, 0.25) is 0 Å². The molecule has 0 heterocycles. The molecule has 0 N–H and O–H groups in total. The second kappa shape index (κ2) is 5.39. The standard InChI is InChI=1S/C5H7Cl3F2/c6-3(1-2-9)4(7)5(8)10/h3-5H,1-2H2. The maximum Gasteiger partial charge on any atom is 0.191 e. The van der Waals surface area contributed by atoms with Gasteiger partial charge in [-0.25, -0.2) is 4.39 Å². The van der Waals surface area contributed by atoms with Gasteiger partial charge in [0, 0.05) is 0 Å². The van der Waals surface area contributed by atoms with E-state index in [0.717, 1.165) is 0 Å². The van der Waals surface area contributed by atoms with E-state index in [1.54, 1.807) is 0 Å². The quantitative estimate of drug-likeness (QED) is 0.627. The smallest absolute Gasteiger partial charge is 0.191 e. The minimum atomic E-state index is -1.71. The van der Waals surface area contributed by atoms with Crippen molar-refractivity contribution in [2.24, 2.45) is 0 Å². The van der Waals surface area contributed by atoms with Gasteiger partial charge >= 0.3 is 0 Å². The van der Waals surface area contributed by atoms with Crippen LogP contribution in [0, 0.1) is 0 Å². The van der Waals surface area contributed by atoms with Gasteiger partial charge in [0.05, 0.1) is 17.4 Å². The van der Waals surface area contributed by atoms with Crippen LogP contribution in [0.4, 0.5) is 8.78 Å². The molecule has 62 valence electrons. The van der Waals surface area contributed by atoms with E-state index in [1.165, 1.54) is 0 Å². The van der Waals surface area contributed by atoms with Crippen LogP contribution in [-0.2, 0) is 0 Å². The first-order valence-electron chi connectivity index (χ1n) is 2.72. The van der Waals surface area contributed by atoms with Crippen molar-refractivity contribution in [3.8, 4) is 0 Å². The molecule has 0 nitrogen and oxygen atoms in total. The maximum absolute atomic E-state index is 12.1. The van der Waals surface area contributed by atoms with Gasteiger partial charge < -0.3 is 0 Å². The monoisotopic (exact) mass is 210 g/mol. The molecule has 0 bridgehead atoms. The molecule has 0 spiro atoms. The molecule has 0 amide bonds. The Morgan fingerprint density at radius 1 is 1.20 bits per heavy atom. The highest BCUT2D eigenvalue weighted by Crippen LogP contribution is 2.21. The molecule has 0 aromatic carbocycles. The van der Waals surface area contributed by atoms with Gasteiger partial charge in [-0.3, -0.25) is 4.39 Å². The second-order valence-corrected chi connectivity index (χ2v) is 3.25. The summed E-state index contributed by atoms with van der Waals surface area (Å²) in [6, 6.07) is 0. The van der Waals surface area contributed by atoms with E-state index in [0.29, 0.717) is 0 Å². The Morgan fingerprint density at radius 2 is 1.70 bits per heavy atom. The highest BCUT2D eigenvalue weighted by atomic mass is 35.5. The molecule has 0 aromatic heterocycles. The molecule has 0 aromatic rings. The van der Waals surface area contributed by atoms with Gasteiger partial charge in [-0.1, -0.05) is 11.6 Å². The number of halogens is 5. The van der Waals surface area contributed by atoms with E-state index in [4.69, 9.17) is 34.8 Å². The van der Waals surface area contributed by atoms with Crippen LogP contribution >= 0.6 is 34.8 Å². The lowest BCUT2D eigenvalue weighted by molar-refractivity contribution is 0.395. The van der Waals surface area contributed by atoms with E-state index >= 15 is 0 Å². The minimum Gasteiger partial charge on any atom is -0.251 e. The molecule has 0 radical (unpaired) electrons. The third kappa shape index (κ3) is 3.79. The van der Waals surface area contributed by atoms with Crippen molar-refractivity contribution in [2.45, 2.75) is 22.8 Å². The van der Waals surface area contributed by atoms with Crippen molar-refractivity contribution in [2.75, 3.05) is 6.67 Å². The van der Waals surface area contributed by atoms with Crippen LogP contribution in [0.15, 0.2) is 0 Å². The van der Waals surface area contributed by atoms with Gasteiger partial charge in [0.1, 0.15) is 0 Å². The lowest BCUT2D eigenvalue weighted by Crippen LogP contribution is -2.22. The summed E-state index contributed by atoms with van der Waals surface area (Å²) in [7, 11) is 0. The summed E-state index contributed by atoms with van der Waals surface area (Å²) < 4.78 is 23.7. The number of rotatable bonds is 4. The number of alkyl halides is 5. The Kier molecular flexibility index (Phi) is 5.78. The third-order valence-electron chi connectivity index (χ3n) is 0.971. The van der Waals surface area contributed by atoms with Crippen molar-refractivity contribution in [1.82, 2.24) is 0 Å². The third-order valence-corrected chi connectivity index (χ3v) is 2.52. The van der Waals surface area contributed by atoms with E-state index in [9.17, 15) is 8.78 Å². The van der Waals surface area contributed by atoms with Crippen LogP contribution in [0.5, 0.6) is 0 Å². The molecule has 0 aliphatic heterocycles. The van der Waals surface area contributed by atoms with Crippen LogP contribution in [0.25, 0.3) is 0 Å². The molecule has 0 fully saturated rings. The predicted molar refractivity (Wildman–Crippen MR) is 40.6 cm³/mol. The Morgan fingerprint density at radius 3 is 2.00 bits per heavy atom. The largest absolute Gasteiger partial charge is 0.251 e. The average molecular weight is 211 g/mol. The molecule has 0 saturated heterocycles. The fraction of sp³-hybridized carbons (Fsp3) is 1.00. The highest BCUT2D eigenvalue weighted by molar-refractivity contribution is 6.34. The summed E-state index contributed by atoms with van der Waals surface area (Å²) in [5, 5.41) is -1.75. The SMILES string of the molecule is FCCC(Cl)C(Cl)C(F)Cl. The van der Waals surface area contributed by atoms with E-state index < -0.39 is 23.1 Å². The first-order valence-corrected chi connectivity index (χ1v) is 4.02. The molecule has 10 heavy (non-hydrogen) atoms. The summed E-state index contributed by atoms with van der Waals surface area (Å²) in [4.78, 5) is 0. The van der Waals surface area contributed by atoms with E-state index in [-0.39, 0.29) is 6.42 Å². The van der Waals surface area contributed by atoms with Crippen molar-refractivity contribution >= 4 is 34.8 Å². The Labute approximate surface area is 73.4 Å². The van der Waals surface area contributed by atoms with Crippen LogP contribution in [-0.4, -0.2) is 23.1 Å². The van der Waals surface area contributed by atoms with Crippen LogP contribution < -0.4 is 0 Å². The fourth-order valence-corrected chi connectivity index (χ4v) is 1.01. The zero-order valence-electron chi connectivity index (χ0n) is 5.04. The molecular formula is C5H7Cl3F2. The van der Waals surface area contributed by atoms with Crippen molar-refractivity contribution < 1.29 is 8.78 Å². The van der Waals surface area contributed by atoms with Crippen molar-refractivity contribution in [3.05, 3.63) is 0 Å². The molecule has 0 aliphatic rings. The minimum absolute atomic E-state index is 0.0306. The Balaban J connectivity index is 3.58.